The van der Waals surface area contributed by atoms with Crippen molar-refractivity contribution in [3.05, 3.63) is 0 Å². The highest BCUT2D eigenvalue weighted by molar-refractivity contribution is 5.03. The van der Waals surface area contributed by atoms with E-state index in [0.29, 0.717) is 18.7 Å². The Balaban J connectivity index is 1.58. The monoisotopic (exact) mass is 252 g/mol. The number of nitrogens with one attached hydrogen (secondary N) is 1. The molecule has 0 aliphatic heterocycles. The SMILES string of the molecule is CN(C1CCCC1)C1CCC(CO)(NC2CC2)C1. The molecular weight excluding hydrogens is 224 g/mol. The molecule has 104 valence electrons. The molecule has 2 unspecified atom stereocenters. The standard InChI is InChI=1S/C15H28N2O/c1-17(13-4-2-3-5-13)14-8-9-15(10-14,11-18)16-12-6-7-12/h12-14,16,18H,2-11H2,1H3. The van der Waals surface area contributed by atoms with Crippen molar-refractivity contribution in [2.45, 2.75) is 81.5 Å². The Morgan fingerprint density at radius 2 is 1.83 bits per heavy atom. The zero-order chi connectivity index (χ0) is 12.6. The van der Waals surface area contributed by atoms with E-state index in [2.05, 4.69) is 17.3 Å². The Morgan fingerprint density at radius 1 is 1.11 bits per heavy atom. The third-order valence-electron chi connectivity index (χ3n) is 5.45. The van der Waals surface area contributed by atoms with Gasteiger partial charge in [0.05, 0.1) is 6.61 Å². The van der Waals surface area contributed by atoms with Crippen LogP contribution in [-0.2, 0) is 0 Å². The van der Waals surface area contributed by atoms with Crippen LogP contribution in [0, 0.1) is 0 Å². The van der Waals surface area contributed by atoms with Crippen molar-refractivity contribution in [3.8, 4) is 0 Å². The first-order chi connectivity index (χ1) is 8.72. The molecule has 3 heteroatoms. The van der Waals surface area contributed by atoms with Gasteiger partial charge in [0.25, 0.3) is 0 Å². The molecule has 3 saturated carbocycles. The van der Waals surface area contributed by atoms with E-state index in [0.717, 1.165) is 18.9 Å². The Hall–Kier alpha value is -0.120. The third-order valence-corrected chi connectivity index (χ3v) is 5.45. The molecule has 0 aromatic carbocycles. The summed E-state index contributed by atoms with van der Waals surface area (Å²) in [5.74, 6) is 0. The van der Waals surface area contributed by atoms with E-state index >= 15 is 0 Å². The van der Waals surface area contributed by atoms with Gasteiger partial charge in [-0.2, -0.15) is 0 Å². The van der Waals surface area contributed by atoms with Gasteiger partial charge in [0.15, 0.2) is 0 Å². The highest BCUT2D eigenvalue weighted by atomic mass is 16.3. The first kappa shape index (κ1) is 12.9. The van der Waals surface area contributed by atoms with Gasteiger partial charge in [-0.15, -0.1) is 0 Å². The highest BCUT2D eigenvalue weighted by Crippen LogP contribution is 2.37. The molecule has 18 heavy (non-hydrogen) atoms. The highest BCUT2D eigenvalue weighted by Gasteiger charge is 2.44. The maximum atomic E-state index is 9.78. The van der Waals surface area contributed by atoms with E-state index in [9.17, 15) is 5.11 Å². The number of hydrogen-bond acceptors (Lipinski definition) is 3. The van der Waals surface area contributed by atoms with Crippen LogP contribution in [0.1, 0.15) is 57.8 Å². The first-order valence-electron chi connectivity index (χ1n) is 7.83. The van der Waals surface area contributed by atoms with Gasteiger partial charge < -0.3 is 15.3 Å². The fourth-order valence-corrected chi connectivity index (χ4v) is 4.04. The fourth-order valence-electron chi connectivity index (χ4n) is 4.04. The van der Waals surface area contributed by atoms with Gasteiger partial charge in [-0.25, -0.2) is 0 Å². The molecular formula is C15H28N2O. The Labute approximate surface area is 111 Å². The second kappa shape index (κ2) is 5.10. The Kier molecular flexibility index (Phi) is 3.65. The maximum Gasteiger partial charge on any atom is 0.0614 e. The Morgan fingerprint density at radius 3 is 2.44 bits per heavy atom. The predicted octanol–water partition coefficient (Wildman–Crippen LogP) is 1.90. The predicted molar refractivity (Wildman–Crippen MR) is 73.6 cm³/mol. The van der Waals surface area contributed by atoms with Gasteiger partial charge in [0, 0.05) is 23.7 Å². The number of rotatable bonds is 5. The van der Waals surface area contributed by atoms with E-state index in [-0.39, 0.29) is 5.54 Å². The second-order valence-corrected chi connectivity index (χ2v) is 6.86. The van der Waals surface area contributed by atoms with E-state index in [1.807, 2.05) is 0 Å². The Bertz CT molecular complexity index is 286. The minimum Gasteiger partial charge on any atom is -0.394 e. The van der Waals surface area contributed by atoms with Gasteiger partial charge in [-0.3, -0.25) is 0 Å². The summed E-state index contributed by atoms with van der Waals surface area (Å²) in [6, 6.07) is 2.20. The van der Waals surface area contributed by atoms with Crippen LogP contribution in [0.2, 0.25) is 0 Å². The van der Waals surface area contributed by atoms with Gasteiger partial charge >= 0.3 is 0 Å². The smallest absolute Gasteiger partial charge is 0.0614 e. The number of aliphatic hydroxyl groups is 1. The average molecular weight is 252 g/mol. The van der Waals surface area contributed by atoms with Gasteiger partial charge in [-0.05, 0) is 52.0 Å². The molecule has 0 spiro atoms. The van der Waals surface area contributed by atoms with Crippen molar-refractivity contribution in [2.24, 2.45) is 0 Å². The molecule has 3 fully saturated rings. The van der Waals surface area contributed by atoms with Crippen LogP contribution in [0.25, 0.3) is 0 Å². The molecule has 3 rings (SSSR count). The van der Waals surface area contributed by atoms with Crippen LogP contribution in [0.15, 0.2) is 0 Å². The van der Waals surface area contributed by atoms with Crippen LogP contribution in [-0.4, -0.2) is 47.3 Å². The third kappa shape index (κ3) is 2.59. The molecule has 3 aliphatic rings. The fraction of sp³-hybridized carbons (Fsp3) is 1.00. The van der Waals surface area contributed by atoms with Crippen molar-refractivity contribution in [1.29, 1.82) is 0 Å². The average Bonchev–Trinajstić information content (AvgIpc) is 2.90. The zero-order valence-electron chi connectivity index (χ0n) is 11.7. The largest absolute Gasteiger partial charge is 0.394 e. The van der Waals surface area contributed by atoms with E-state index in [1.54, 1.807) is 0 Å². The molecule has 3 nitrogen and oxygen atoms in total. The van der Waals surface area contributed by atoms with Gasteiger partial charge in [0.1, 0.15) is 0 Å². The zero-order valence-corrected chi connectivity index (χ0v) is 11.7. The van der Waals surface area contributed by atoms with Crippen molar-refractivity contribution >= 4 is 0 Å². The van der Waals surface area contributed by atoms with Crippen molar-refractivity contribution in [3.63, 3.8) is 0 Å². The lowest BCUT2D eigenvalue weighted by atomic mass is 9.98. The summed E-state index contributed by atoms with van der Waals surface area (Å²) in [6.07, 6.45) is 11.8. The molecule has 0 bridgehead atoms. The van der Waals surface area contributed by atoms with Crippen LogP contribution >= 0.6 is 0 Å². The normalized spacial score (nSPS) is 37.8. The molecule has 0 saturated heterocycles. The topological polar surface area (TPSA) is 35.5 Å². The molecule has 2 N–H and O–H groups in total. The van der Waals surface area contributed by atoms with Crippen LogP contribution in [0.4, 0.5) is 0 Å². The molecule has 0 amide bonds. The molecule has 0 radical (unpaired) electrons. The van der Waals surface area contributed by atoms with Gasteiger partial charge in [-0.1, -0.05) is 12.8 Å². The molecule has 3 aliphatic carbocycles. The maximum absolute atomic E-state index is 9.78. The van der Waals surface area contributed by atoms with E-state index in [4.69, 9.17) is 0 Å². The lowest BCUT2D eigenvalue weighted by Crippen LogP contribution is -2.49. The molecule has 2 atom stereocenters. The number of hydrogen-bond donors (Lipinski definition) is 2. The van der Waals surface area contributed by atoms with Crippen molar-refractivity contribution in [2.75, 3.05) is 13.7 Å². The van der Waals surface area contributed by atoms with Crippen LogP contribution in [0.3, 0.4) is 0 Å². The van der Waals surface area contributed by atoms with Crippen molar-refractivity contribution in [1.82, 2.24) is 10.2 Å². The summed E-state index contributed by atoms with van der Waals surface area (Å²) in [5, 5.41) is 13.5. The minimum atomic E-state index is 0.0404. The molecule has 0 aromatic heterocycles. The van der Waals surface area contributed by atoms with Crippen molar-refractivity contribution < 1.29 is 5.11 Å². The van der Waals surface area contributed by atoms with Crippen LogP contribution in [0.5, 0.6) is 0 Å². The lowest BCUT2D eigenvalue weighted by molar-refractivity contribution is 0.134. The first-order valence-corrected chi connectivity index (χ1v) is 7.83. The van der Waals surface area contributed by atoms with Gasteiger partial charge in [0.2, 0.25) is 0 Å². The summed E-state index contributed by atoms with van der Waals surface area (Å²) in [7, 11) is 2.31. The van der Waals surface area contributed by atoms with Crippen LogP contribution < -0.4 is 5.32 Å². The number of nitrogens with zero attached hydrogens (tertiary/aromatic N) is 1. The second-order valence-electron chi connectivity index (χ2n) is 6.86. The summed E-state index contributed by atoms with van der Waals surface area (Å²) in [5.41, 5.74) is 0.0404. The number of aliphatic hydroxyl groups excluding tert-OH is 1. The molecule has 0 heterocycles. The van der Waals surface area contributed by atoms with E-state index in [1.165, 1.54) is 44.9 Å². The molecule has 0 aromatic rings. The summed E-state index contributed by atoms with van der Waals surface area (Å²) in [4.78, 5) is 2.62. The minimum absolute atomic E-state index is 0.0404. The summed E-state index contributed by atoms with van der Waals surface area (Å²) < 4.78 is 0. The lowest BCUT2D eigenvalue weighted by Gasteiger charge is -2.33. The quantitative estimate of drug-likeness (QED) is 0.784. The summed E-state index contributed by atoms with van der Waals surface area (Å²) >= 11 is 0. The van der Waals surface area contributed by atoms with E-state index < -0.39 is 0 Å². The summed E-state index contributed by atoms with van der Waals surface area (Å²) in [6.45, 7) is 0.318.